The van der Waals surface area contributed by atoms with Gasteiger partial charge in [-0.1, -0.05) is 273 Å². The summed E-state index contributed by atoms with van der Waals surface area (Å²) >= 11 is 0. The molecular weight excluding hydrogens is 951 g/mol. The molecule has 0 fully saturated rings. The van der Waals surface area contributed by atoms with Gasteiger partial charge in [-0.2, -0.15) is 0 Å². The lowest BCUT2D eigenvalue weighted by Crippen LogP contribution is -2.27. The maximum atomic E-state index is 2.64. The van der Waals surface area contributed by atoms with Crippen molar-refractivity contribution in [2.24, 2.45) is 0 Å². The lowest BCUT2D eigenvalue weighted by atomic mass is 9.68. The Morgan fingerprint density at radius 1 is 0.304 bits per heavy atom. The third kappa shape index (κ3) is 7.70. The van der Waals surface area contributed by atoms with Crippen LogP contribution in [0.5, 0.6) is 0 Å². The van der Waals surface area contributed by atoms with Crippen LogP contribution in [0.2, 0.25) is 0 Å². The molecule has 0 bridgehead atoms. The number of rotatable bonds is 5. The Balaban J connectivity index is 1.13. The highest BCUT2D eigenvalue weighted by Crippen LogP contribution is 2.65. The Morgan fingerprint density at radius 2 is 0.747 bits per heavy atom. The molecule has 0 heterocycles. The predicted molar refractivity (Wildman–Crippen MR) is 338 cm³/mol. The highest BCUT2D eigenvalue weighted by Gasteiger charge is 2.53. The van der Waals surface area contributed by atoms with E-state index in [1.807, 2.05) is 0 Å². The van der Waals surface area contributed by atoms with Crippen molar-refractivity contribution in [3.05, 3.63) is 256 Å². The molecule has 1 heteroatoms. The Hall–Kier alpha value is -7.74. The van der Waals surface area contributed by atoms with Crippen LogP contribution in [-0.2, 0) is 32.5 Å². The van der Waals surface area contributed by atoms with Gasteiger partial charge in [-0.05, 0) is 157 Å². The van der Waals surface area contributed by atoms with Crippen LogP contribution in [-0.4, -0.2) is 0 Å². The largest absolute Gasteiger partial charge is 0.309 e. The summed E-state index contributed by atoms with van der Waals surface area (Å²) in [5.41, 5.74) is 28.9. The first kappa shape index (κ1) is 50.7. The number of hydrogen-bond donors (Lipinski definition) is 0. The lowest BCUT2D eigenvalue weighted by molar-refractivity contribution is 0.569. The van der Waals surface area contributed by atoms with Gasteiger partial charge in [0, 0.05) is 22.2 Å². The summed E-state index contributed by atoms with van der Waals surface area (Å²) in [4.78, 5) is 2.64. The fourth-order valence-electron chi connectivity index (χ4n) is 13.9. The minimum absolute atomic E-state index is 0.0259. The van der Waals surface area contributed by atoms with E-state index in [0.29, 0.717) is 0 Å². The van der Waals surface area contributed by atoms with Crippen LogP contribution in [0, 0.1) is 0 Å². The van der Waals surface area contributed by atoms with Crippen LogP contribution in [0.25, 0.3) is 66.4 Å². The van der Waals surface area contributed by atoms with Gasteiger partial charge in [-0.3, -0.25) is 0 Å². The molecule has 0 saturated heterocycles. The van der Waals surface area contributed by atoms with E-state index >= 15 is 0 Å². The fourth-order valence-corrected chi connectivity index (χ4v) is 13.9. The van der Waals surface area contributed by atoms with Gasteiger partial charge in [0.1, 0.15) is 0 Å². The highest BCUT2D eigenvalue weighted by molar-refractivity contribution is 6.10. The smallest absolute Gasteiger partial charge is 0.0726 e. The van der Waals surface area contributed by atoms with Gasteiger partial charge in [0.15, 0.2) is 0 Å². The van der Waals surface area contributed by atoms with E-state index < -0.39 is 5.41 Å². The van der Waals surface area contributed by atoms with Gasteiger partial charge in [0.25, 0.3) is 0 Å². The SMILES string of the molecule is CC(C)(C)c1cc(-c2cccc3cccc(-c4ccccc4N(c4ccc5c(c4)C4(c6ccccc6-5)c5cc(C(C)(C)C)ccc5-c5ccc(C(C)(C)C)cc54)c4cccc5c4-c4ccccc4C5(C)C)c23)cc(C(C)(C)C)c1. The second-order valence-electron chi connectivity index (χ2n) is 27.8. The molecule has 0 radical (unpaired) electrons. The number of fused-ring (bicyclic) bond motifs is 14. The van der Waals surface area contributed by atoms with E-state index in [4.69, 9.17) is 0 Å². The van der Waals surface area contributed by atoms with E-state index in [1.165, 1.54) is 128 Å². The molecule has 1 spiro atoms. The average Bonchev–Trinajstić information content (AvgIpc) is 2.60. The molecule has 0 amide bonds. The fraction of sp³-hybridized carbons (Fsp3) is 0.256. The first-order valence-electron chi connectivity index (χ1n) is 28.8. The molecule has 0 N–H and O–H groups in total. The van der Waals surface area contributed by atoms with Crippen LogP contribution >= 0.6 is 0 Å². The molecule has 10 aromatic carbocycles. The Bertz CT molecular complexity index is 4040. The molecule has 10 aromatic rings. The third-order valence-electron chi connectivity index (χ3n) is 18.3. The second-order valence-corrected chi connectivity index (χ2v) is 27.8. The molecule has 0 unspecified atom stereocenters. The van der Waals surface area contributed by atoms with Crippen molar-refractivity contribution < 1.29 is 0 Å². The molecule has 0 atom stereocenters. The molecule has 392 valence electrons. The van der Waals surface area contributed by atoms with Gasteiger partial charge < -0.3 is 4.90 Å². The van der Waals surface area contributed by atoms with E-state index in [1.54, 1.807) is 0 Å². The summed E-state index contributed by atoms with van der Waals surface area (Å²) in [5, 5.41) is 2.49. The lowest BCUT2D eigenvalue weighted by Gasteiger charge is -2.34. The zero-order chi connectivity index (χ0) is 55.3. The molecule has 3 aliphatic carbocycles. The number of para-hydroxylation sites is 1. The van der Waals surface area contributed by atoms with Gasteiger partial charge >= 0.3 is 0 Å². The Labute approximate surface area is 471 Å². The number of hydrogen-bond acceptors (Lipinski definition) is 1. The monoisotopic (exact) mass is 1030 g/mol. The van der Waals surface area contributed by atoms with Crippen molar-refractivity contribution in [2.45, 2.75) is 129 Å². The summed E-state index contributed by atoms with van der Waals surface area (Å²) in [6.45, 7) is 33.0. The van der Waals surface area contributed by atoms with Gasteiger partial charge in [-0.25, -0.2) is 0 Å². The molecule has 3 aliphatic rings. The van der Waals surface area contributed by atoms with Crippen LogP contribution in [0.3, 0.4) is 0 Å². The first-order chi connectivity index (χ1) is 37.5. The summed E-state index contributed by atoms with van der Waals surface area (Å²) in [7, 11) is 0. The maximum Gasteiger partial charge on any atom is 0.0726 e. The van der Waals surface area contributed by atoms with E-state index in [2.05, 4.69) is 302 Å². The van der Waals surface area contributed by atoms with E-state index in [-0.39, 0.29) is 27.1 Å². The average molecular weight is 1030 g/mol. The van der Waals surface area contributed by atoms with Crippen molar-refractivity contribution in [3.63, 3.8) is 0 Å². The minimum atomic E-state index is -0.564. The quantitative estimate of drug-likeness (QED) is 0.166. The zero-order valence-electron chi connectivity index (χ0n) is 49.0. The minimum Gasteiger partial charge on any atom is -0.309 e. The Kier molecular flexibility index (Phi) is 11.2. The summed E-state index contributed by atoms with van der Waals surface area (Å²) in [6, 6.07) is 78.2. The van der Waals surface area contributed by atoms with Crippen LogP contribution in [0.4, 0.5) is 17.1 Å². The zero-order valence-corrected chi connectivity index (χ0v) is 49.0. The standard InChI is InChI=1S/C78H75N/c1-73(2,3)50-36-39-57-58-40-37-51(74(4,5)6)46-67(58)78(66(57)45-50)64-32-19-15-26-56(64)59-41-38-54(47-68(59)78)79(70-35-23-33-65-72(70)62-28-16-18-31-63(62)77(65,13)14)69-34-20-17-27-60(69)61-30-22-25-48-24-21-29-55(71(48)61)49-42-52(75(7,8)9)44-53(43-49)76(10,11)12/h15-47H,1-14H3. The molecule has 13 rings (SSSR count). The van der Waals surface area contributed by atoms with Gasteiger partial charge in [0.2, 0.25) is 0 Å². The van der Waals surface area contributed by atoms with Gasteiger partial charge in [0.05, 0.1) is 16.8 Å². The predicted octanol–water partition coefficient (Wildman–Crippen LogP) is 21.5. The molecule has 79 heavy (non-hydrogen) atoms. The number of benzene rings is 10. The number of nitrogens with zero attached hydrogens (tertiary/aromatic N) is 1. The molecule has 0 saturated carbocycles. The van der Waals surface area contributed by atoms with E-state index in [9.17, 15) is 0 Å². The number of anilines is 3. The van der Waals surface area contributed by atoms with Crippen molar-refractivity contribution in [1.29, 1.82) is 0 Å². The highest BCUT2D eigenvalue weighted by atomic mass is 15.1. The third-order valence-corrected chi connectivity index (χ3v) is 18.3. The second kappa shape index (κ2) is 17.4. The topological polar surface area (TPSA) is 3.24 Å². The molecule has 1 nitrogen and oxygen atoms in total. The van der Waals surface area contributed by atoms with Crippen molar-refractivity contribution in [1.82, 2.24) is 0 Å². The summed E-state index contributed by atoms with van der Waals surface area (Å²) < 4.78 is 0. The Morgan fingerprint density at radius 3 is 1.34 bits per heavy atom. The molecular formula is C78H75N. The van der Waals surface area contributed by atoms with Crippen LogP contribution < -0.4 is 4.90 Å². The molecule has 0 aliphatic heterocycles. The van der Waals surface area contributed by atoms with E-state index in [0.717, 1.165) is 11.4 Å². The molecule has 0 aromatic heterocycles. The van der Waals surface area contributed by atoms with Crippen molar-refractivity contribution >= 4 is 27.8 Å². The van der Waals surface area contributed by atoms with Crippen molar-refractivity contribution in [3.8, 4) is 55.6 Å². The van der Waals surface area contributed by atoms with Crippen LogP contribution in [0.15, 0.2) is 200 Å². The first-order valence-corrected chi connectivity index (χ1v) is 28.8. The summed E-state index contributed by atoms with van der Waals surface area (Å²) in [5.74, 6) is 0. The maximum absolute atomic E-state index is 2.64. The normalized spacial score (nSPS) is 14.7. The summed E-state index contributed by atoms with van der Waals surface area (Å²) in [6.07, 6.45) is 0. The van der Waals surface area contributed by atoms with Crippen molar-refractivity contribution in [2.75, 3.05) is 4.90 Å². The van der Waals surface area contributed by atoms with Gasteiger partial charge in [-0.15, -0.1) is 0 Å². The van der Waals surface area contributed by atoms with Crippen LogP contribution in [0.1, 0.15) is 153 Å².